The summed E-state index contributed by atoms with van der Waals surface area (Å²) in [5.74, 6) is 5.58. The molecule has 0 radical (unpaired) electrons. The molecule has 0 aromatic heterocycles. The van der Waals surface area contributed by atoms with E-state index in [1.165, 1.54) is 89.9 Å². The second kappa shape index (κ2) is 42.1. The van der Waals surface area contributed by atoms with Gasteiger partial charge in [-0.1, -0.05) is 224 Å². The van der Waals surface area contributed by atoms with Crippen molar-refractivity contribution in [3.8, 4) is 0 Å². The van der Waals surface area contributed by atoms with Crippen LogP contribution in [0.25, 0.3) is 0 Å². The molecule has 0 nitrogen and oxygen atoms in total. The molecule has 6 unspecified atom stereocenters. The minimum Gasteiger partial charge on any atom is -0.0776 e. The Labute approximate surface area is 270 Å². The Morgan fingerprint density at radius 2 is 0.610 bits per heavy atom. The highest BCUT2D eigenvalue weighted by Crippen LogP contribution is 2.33. The molecule has 0 spiro atoms. The Hall–Kier alpha value is 0. The highest BCUT2D eigenvalue weighted by atomic mass is 14.3. The van der Waals surface area contributed by atoms with Gasteiger partial charge in [-0.25, -0.2) is 0 Å². The molecule has 6 atom stereocenters. The van der Waals surface area contributed by atoms with E-state index in [4.69, 9.17) is 0 Å². The lowest BCUT2D eigenvalue weighted by molar-refractivity contribution is 0.240. The summed E-state index contributed by atoms with van der Waals surface area (Å²) in [6.07, 6.45) is 19.1. The van der Waals surface area contributed by atoms with Crippen LogP contribution in [0.1, 0.15) is 230 Å². The molecular weight excluding hydrogens is 492 g/mol. The highest BCUT2D eigenvalue weighted by molar-refractivity contribution is 4.72. The zero-order chi connectivity index (χ0) is 29.9. The fraction of sp³-hybridized carbons (Fsp3) is 1.00. The van der Waals surface area contributed by atoms with E-state index in [0.29, 0.717) is 5.41 Å². The molecule has 41 heavy (non-hydrogen) atoms. The third-order valence-corrected chi connectivity index (χ3v) is 9.99. The Kier molecular flexibility index (Phi) is 61.9. The topological polar surface area (TPSA) is 0 Å². The molecular formula is C41H98. The first-order valence-corrected chi connectivity index (χ1v) is 17.4. The van der Waals surface area contributed by atoms with Gasteiger partial charge in [0, 0.05) is 0 Å². The van der Waals surface area contributed by atoms with Crippen LogP contribution in [0.3, 0.4) is 0 Å². The van der Waals surface area contributed by atoms with E-state index in [9.17, 15) is 0 Å². The van der Waals surface area contributed by atoms with Crippen LogP contribution < -0.4 is 0 Å². The lowest BCUT2D eigenvalue weighted by atomic mass is 9.78. The zero-order valence-corrected chi connectivity index (χ0v) is 29.9. The minimum absolute atomic E-state index is 0. The zero-order valence-electron chi connectivity index (χ0n) is 29.9. The first kappa shape index (κ1) is 60.2. The summed E-state index contributed by atoms with van der Waals surface area (Å²) in [6.45, 7) is 37.0. The predicted molar refractivity (Wildman–Crippen MR) is 206 cm³/mol. The quantitative estimate of drug-likeness (QED) is 0.158. The van der Waals surface area contributed by atoms with Gasteiger partial charge in [-0.2, -0.15) is 0 Å². The van der Waals surface area contributed by atoms with Crippen molar-refractivity contribution in [2.45, 2.75) is 230 Å². The Bertz CT molecular complexity index is 357. The average Bonchev–Trinajstić information content (AvgIpc) is 2.90. The van der Waals surface area contributed by atoms with Crippen LogP contribution in [-0.4, -0.2) is 0 Å². The van der Waals surface area contributed by atoms with Crippen molar-refractivity contribution in [3.05, 3.63) is 0 Å². The standard InChI is InChI=1S/C11H24.2C9H20.C8H18.4CH4/c1-5-7-10(3)9-11(4)8-6-2;1-5-7-9(4)8(3)6-2;1-5-9(6-2,7-3)8-4;1-5-7(3)8(4)6-2;;;;/h10-11H,5-9H2,1-4H3;8-9H,5-7H2,1-4H3;5-8H2,1-4H3;7-8H,5-6H2,1-4H3;4*1H4. The predicted octanol–water partition coefficient (Wildman–Crippen LogP) is 17.0. The van der Waals surface area contributed by atoms with Gasteiger partial charge < -0.3 is 0 Å². The highest BCUT2D eigenvalue weighted by Gasteiger charge is 2.20. The summed E-state index contributed by atoms with van der Waals surface area (Å²) in [6, 6.07) is 0. The number of hydrogen-bond acceptors (Lipinski definition) is 0. The molecule has 0 amide bonds. The van der Waals surface area contributed by atoms with E-state index >= 15 is 0 Å². The maximum atomic E-state index is 2.38. The van der Waals surface area contributed by atoms with Crippen molar-refractivity contribution in [1.29, 1.82) is 0 Å². The van der Waals surface area contributed by atoms with E-state index in [1.807, 2.05) is 0 Å². The smallest absolute Gasteiger partial charge is 0.0308 e. The van der Waals surface area contributed by atoms with E-state index < -0.39 is 0 Å². The van der Waals surface area contributed by atoms with Crippen LogP contribution in [0.5, 0.6) is 0 Å². The van der Waals surface area contributed by atoms with Gasteiger partial charge in [0.1, 0.15) is 0 Å². The monoisotopic (exact) mass is 591 g/mol. The SMILES string of the molecule is C.C.C.C.CCC(C)C(C)CC.CCC(CC)(CC)CC.CCCC(C)C(C)CC.CCCC(C)CC(C)CCC. The first-order chi connectivity index (χ1) is 17.4. The molecule has 0 heteroatoms. The second-order valence-corrected chi connectivity index (χ2v) is 12.9. The van der Waals surface area contributed by atoms with Crippen molar-refractivity contribution < 1.29 is 0 Å². The molecule has 0 saturated heterocycles. The maximum absolute atomic E-state index is 2.38. The Morgan fingerprint density at radius 3 is 0.780 bits per heavy atom. The van der Waals surface area contributed by atoms with Gasteiger partial charge in [-0.3, -0.25) is 0 Å². The normalized spacial score (nSPS) is 14.3. The van der Waals surface area contributed by atoms with E-state index in [1.54, 1.807) is 0 Å². The van der Waals surface area contributed by atoms with Crippen molar-refractivity contribution in [2.24, 2.45) is 40.9 Å². The van der Waals surface area contributed by atoms with Gasteiger partial charge in [0.25, 0.3) is 0 Å². The van der Waals surface area contributed by atoms with Gasteiger partial charge in [0.05, 0.1) is 0 Å². The largest absolute Gasteiger partial charge is 0.0776 e. The van der Waals surface area contributed by atoms with E-state index in [0.717, 1.165) is 35.5 Å². The van der Waals surface area contributed by atoms with Crippen molar-refractivity contribution in [2.75, 3.05) is 0 Å². The van der Waals surface area contributed by atoms with Crippen molar-refractivity contribution in [3.63, 3.8) is 0 Å². The molecule has 0 bridgehead atoms. The summed E-state index contributed by atoms with van der Waals surface area (Å²) in [5, 5.41) is 0. The number of rotatable bonds is 17. The molecule has 0 saturated carbocycles. The molecule has 0 heterocycles. The van der Waals surface area contributed by atoms with Gasteiger partial charge in [0.2, 0.25) is 0 Å². The Morgan fingerprint density at radius 1 is 0.366 bits per heavy atom. The fourth-order valence-electron chi connectivity index (χ4n) is 5.36. The summed E-state index contributed by atoms with van der Waals surface area (Å²) in [7, 11) is 0. The summed E-state index contributed by atoms with van der Waals surface area (Å²) in [5.41, 5.74) is 0.667. The van der Waals surface area contributed by atoms with Gasteiger partial charge >= 0.3 is 0 Å². The third-order valence-electron chi connectivity index (χ3n) is 9.99. The molecule has 262 valence electrons. The van der Waals surface area contributed by atoms with Crippen LogP contribution in [0.15, 0.2) is 0 Å². The van der Waals surface area contributed by atoms with Gasteiger partial charge in [-0.15, -0.1) is 0 Å². The molecule has 0 N–H and O–H groups in total. The molecule has 0 aliphatic carbocycles. The second-order valence-electron chi connectivity index (χ2n) is 12.9. The first-order valence-electron chi connectivity index (χ1n) is 17.4. The molecule has 0 rings (SSSR count). The molecule has 0 aliphatic heterocycles. The molecule has 0 aliphatic rings. The van der Waals surface area contributed by atoms with Gasteiger partial charge in [0.15, 0.2) is 0 Å². The summed E-state index contributed by atoms with van der Waals surface area (Å²) >= 11 is 0. The third kappa shape index (κ3) is 38.0. The number of hydrogen-bond donors (Lipinski definition) is 0. The minimum atomic E-state index is 0. The van der Waals surface area contributed by atoms with Crippen LogP contribution in [0, 0.1) is 40.9 Å². The van der Waals surface area contributed by atoms with E-state index in [2.05, 4.69) is 111 Å². The molecule has 0 aromatic rings. The van der Waals surface area contributed by atoms with Crippen LogP contribution in [-0.2, 0) is 0 Å². The summed E-state index contributed by atoms with van der Waals surface area (Å²) < 4.78 is 0. The molecule has 0 fully saturated rings. The van der Waals surface area contributed by atoms with Crippen molar-refractivity contribution in [1.82, 2.24) is 0 Å². The van der Waals surface area contributed by atoms with Gasteiger partial charge in [-0.05, 0) is 47.3 Å². The van der Waals surface area contributed by atoms with Crippen LogP contribution in [0.2, 0.25) is 0 Å². The Balaban J connectivity index is -0.0000000575. The average molecular weight is 591 g/mol. The lowest BCUT2D eigenvalue weighted by Crippen LogP contribution is -2.15. The van der Waals surface area contributed by atoms with Crippen molar-refractivity contribution >= 4 is 0 Å². The maximum Gasteiger partial charge on any atom is -0.0308 e. The van der Waals surface area contributed by atoms with Crippen LogP contribution >= 0.6 is 0 Å². The lowest BCUT2D eigenvalue weighted by Gasteiger charge is -2.28. The summed E-state index contributed by atoms with van der Waals surface area (Å²) in [4.78, 5) is 0. The fourth-order valence-corrected chi connectivity index (χ4v) is 5.36. The molecule has 0 aromatic carbocycles. The van der Waals surface area contributed by atoms with Crippen LogP contribution in [0.4, 0.5) is 0 Å². The van der Waals surface area contributed by atoms with E-state index in [-0.39, 0.29) is 29.7 Å².